The van der Waals surface area contributed by atoms with Gasteiger partial charge in [-0.15, -0.1) is 0 Å². The van der Waals surface area contributed by atoms with Crippen LogP contribution in [-0.2, 0) is 0 Å². The second-order valence-corrected chi connectivity index (χ2v) is 5.39. The van der Waals surface area contributed by atoms with E-state index in [0.29, 0.717) is 0 Å². The normalized spacial score (nSPS) is 17.1. The first kappa shape index (κ1) is 15.7. The Bertz CT molecular complexity index is 457. The van der Waals surface area contributed by atoms with Gasteiger partial charge in [0.05, 0.1) is 5.56 Å². The van der Waals surface area contributed by atoms with Gasteiger partial charge >= 0.3 is 6.61 Å². The summed E-state index contributed by atoms with van der Waals surface area (Å²) in [5.41, 5.74) is 0.167. The fourth-order valence-electron chi connectivity index (χ4n) is 2.72. The van der Waals surface area contributed by atoms with Crippen molar-refractivity contribution in [1.82, 2.24) is 5.32 Å². The molecular formula is C16H21F2NO2. The molecule has 1 aliphatic carbocycles. The number of rotatable bonds is 4. The molecule has 0 spiro atoms. The second-order valence-electron chi connectivity index (χ2n) is 5.39. The molecule has 1 N–H and O–H groups in total. The van der Waals surface area contributed by atoms with Gasteiger partial charge in [-0.1, -0.05) is 44.2 Å². The van der Waals surface area contributed by atoms with Crippen molar-refractivity contribution in [2.45, 2.75) is 57.6 Å². The predicted molar refractivity (Wildman–Crippen MR) is 76.6 cm³/mol. The molecule has 1 amide bonds. The average molecular weight is 297 g/mol. The molecule has 0 radical (unpaired) electrons. The zero-order chi connectivity index (χ0) is 15.1. The van der Waals surface area contributed by atoms with Gasteiger partial charge in [-0.2, -0.15) is 8.78 Å². The van der Waals surface area contributed by atoms with E-state index in [1.165, 1.54) is 31.4 Å². The standard InChI is InChI=1S/C16H21F2NO2/c17-16(18)21-14-11-7-6-10-13(14)15(20)19-12-8-4-2-1-3-5-9-12/h6-7,10-12,16H,1-5,8-9H2,(H,19,20). The first-order chi connectivity index (χ1) is 10.2. The molecule has 0 aromatic heterocycles. The number of halogens is 2. The molecule has 21 heavy (non-hydrogen) atoms. The molecule has 0 unspecified atom stereocenters. The van der Waals surface area contributed by atoms with Crippen molar-refractivity contribution in [1.29, 1.82) is 0 Å². The van der Waals surface area contributed by atoms with Crippen LogP contribution in [0.1, 0.15) is 55.3 Å². The maximum atomic E-state index is 12.4. The van der Waals surface area contributed by atoms with Crippen molar-refractivity contribution < 1.29 is 18.3 Å². The Kier molecular flexibility index (Phi) is 5.96. The summed E-state index contributed by atoms with van der Waals surface area (Å²) in [4.78, 5) is 12.3. The van der Waals surface area contributed by atoms with E-state index in [0.717, 1.165) is 25.7 Å². The summed E-state index contributed by atoms with van der Waals surface area (Å²) in [6, 6.07) is 6.24. The molecule has 2 rings (SSSR count). The second kappa shape index (κ2) is 7.96. The summed E-state index contributed by atoms with van der Waals surface area (Å²) in [5.74, 6) is -0.410. The monoisotopic (exact) mass is 297 g/mol. The van der Waals surface area contributed by atoms with Crippen LogP contribution >= 0.6 is 0 Å². The van der Waals surface area contributed by atoms with E-state index in [4.69, 9.17) is 0 Å². The summed E-state index contributed by atoms with van der Waals surface area (Å²) in [6.07, 6.45) is 7.73. The molecule has 0 saturated heterocycles. The zero-order valence-electron chi connectivity index (χ0n) is 12.0. The number of alkyl halides is 2. The van der Waals surface area contributed by atoms with Gasteiger partial charge in [0.15, 0.2) is 0 Å². The number of para-hydroxylation sites is 1. The summed E-state index contributed by atoms with van der Waals surface area (Å²) < 4.78 is 29.1. The van der Waals surface area contributed by atoms with E-state index >= 15 is 0 Å². The lowest BCUT2D eigenvalue weighted by Crippen LogP contribution is -2.35. The molecule has 0 bridgehead atoms. The van der Waals surface area contributed by atoms with Gasteiger partial charge in [0, 0.05) is 6.04 Å². The molecule has 0 heterocycles. The number of nitrogens with one attached hydrogen (secondary N) is 1. The van der Waals surface area contributed by atoms with Crippen LogP contribution in [0.2, 0.25) is 0 Å². The van der Waals surface area contributed by atoms with E-state index in [2.05, 4.69) is 10.1 Å². The molecule has 0 atom stereocenters. The number of carbonyl (C=O) groups excluding carboxylic acids is 1. The summed E-state index contributed by atoms with van der Waals surface area (Å²) in [5, 5.41) is 2.95. The number of hydrogen-bond acceptors (Lipinski definition) is 2. The van der Waals surface area contributed by atoms with Crippen LogP contribution in [0.25, 0.3) is 0 Å². The van der Waals surface area contributed by atoms with Gasteiger partial charge in [-0.3, -0.25) is 4.79 Å². The first-order valence-electron chi connectivity index (χ1n) is 7.51. The minimum absolute atomic E-state index is 0.0733. The predicted octanol–water partition coefficient (Wildman–Crippen LogP) is 4.13. The van der Waals surface area contributed by atoms with Crippen molar-refractivity contribution in [3.05, 3.63) is 29.8 Å². The van der Waals surface area contributed by atoms with Crippen LogP contribution in [0.5, 0.6) is 5.75 Å². The van der Waals surface area contributed by atoms with Crippen molar-refractivity contribution in [3.63, 3.8) is 0 Å². The maximum Gasteiger partial charge on any atom is 0.387 e. The summed E-state index contributed by atoms with van der Waals surface area (Å²) in [7, 11) is 0. The van der Waals surface area contributed by atoms with E-state index < -0.39 is 6.61 Å². The summed E-state index contributed by atoms with van der Waals surface area (Å²) in [6.45, 7) is -2.93. The van der Waals surface area contributed by atoms with Crippen LogP contribution in [0, 0.1) is 0 Å². The van der Waals surface area contributed by atoms with Crippen molar-refractivity contribution in [3.8, 4) is 5.75 Å². The third-order valence-electron chi connectivity index (χ3n) is 3.79. The lowest BCUT2D eigenvalue weighted by molar-refractivity contribution is -0.0501. The molecule has 0 aliphatic heterocycles. The highest BCUT2D eigenvalue weighted by atomic mass is 19.3. The van der Waals surface area contributed by atoms with Crippen molar-refractivity contribution in [2.24, 2.45) is 0 Å². The molecular weight excluding hydrogens is 276 g/mol. The highest BCUT2D eigenvalue weighted by molar-refractivity contribution is 5.97. The van der Waals surface area contributed by atoms with Crippen LogP contribution in [0.15, 0.2) is 24.3 Å². The number of ether oxygens (including phenoxy) is 1. The average Bonchev–Trinajstić information content (AvgIpc) is 2.41. The topological polar surface area (TPSA) is 38.3 Å². The molecule has 1 aromatic carbocycles. The summed E-state index contributed by atoms with van der Waals surface area (Å²) >= 11 is 0. The van der Waals surface area contributed by atoms with Gasteiger partial charge in [0.1, 0.15) is 5.75 Å². The van der Waals surface area contributed by atoms with Gasteiger partial charge < -0.3 is 10.1 Å². The Morgan fingerprint density at radius 2 is 1.71 bits per heavy atom. The van der Waals surface area contributed by atoms with Gasteiger partial charge in [0.25, 0.3) is 5.91 Å². The van der Waals surface area contributed by atoms with E-state index in [1.807, 2.05) is 0 Å². The zero-order valence-corrected chi connectivity index (χ0v) is 12.0. The number of hydrogen-bond donors (Lipinski definition) is 1. The van der Waals surface area contributed by atoms with Crippen molar-refractivity contribution >= 4 is 5.91 Å². The lowest BCUT2D eigenvalue weighted by atomic mass is 9.96. The smallest absolute Gasteiger partial charge is 0.387 e. The van der Waals surface area contributed by atoms with E-state index in [1.54, 1.807) is 12.1 Å². The number of carbonyl (C=O) groups is 1. The van der Waals surface area contributed by atoms with Crippen LogP contribution in [-0.4, -0.2) is 18.6 Å². The highest BCUT2D eigenvalue weighted by Crippen LogP contribution is 2.22. The minimum atomic E-state index is -2.93. The first-order valence-corrected chi connectivity index (χ1v) is 7.51. The fraction of sp³-hybridized carbons (Fsp3) is 0.562. The Morgan fingerprint density at radius 3 is 2.38 bits per heavy atom. The molecule has 116 valence electrons. The Hall–Kier alpha value is -1.65. The fourth-order valence-corrected chi connectivity index (χ4v) is 2.72. The van der Waals surface area contributed by atoms with Crippen LogP contribution in [0.3, 0.4) is 0 Å². The quantitative estimate of drug-likeness (QED) is 0.907. The van der Waals surface area contributed by atoms with E-state index in [9.17, 15) is 13.6 Å². The lowest BCUT2D eigenvalue weighted by Gasteiger charge is -2.21. The van der Waals surface area contributed by atoms with Gasteiger partial charge in [-0.25, -0.2) is 0 Å². The Morgan fingerprint density at radius 1 is 1.10 bits per heavy atom. The highest BCUT2D eigenvalue weighted by Gasteiger charge is 2.19. The Labute approximate surface area is 123 Å². The maximum absolute atomic E-state index is 12.4. The largest absolute Gasteiger partial charge is 0.434 e. The number of benzene rings is 1. The molecule has 1 aromatic rings. The van der Waals surface area contributed by atoms with E-state index in [-0.39, 0.29) is 23.3 Å². The van der Waals surface area contributed by atoms with Crippen molar-refractivity contribution in [2.75, 3.05) is 0 Å². The molecule has 1 fully saturated rings. The third kappa shape index (κ3) is 4.99. The SMILES string of the molecule is O=C(NC1CCCCCCC1)c1ccccc1OC(F)F. The third-order valence-corrected chi connectivity index (χ3v) is 3.79. The Balaban J connectivity index is 2.01. The molecule has 3 nitrogen and oxygen atoms in total. The van der Waals surface area contributed by atoms with Crippen LogP contribution < -0.4 is 10.1 Å². The minimum Gasteiger partial charge on any atom is -0.434 e. The molecule has 5 heteroatoms. The van der Waals surface area contributed by atoms with Crippen LogP contribution in [0.4, 0.5) is 8.78 Å². The molecule has 1 aliphatic rings. The number of amides is 1. The van der Waals surface area contributed by atoms with Gasteiger partial charge in [-0.05, 0) is 25.0 Å². The molecule has 1 saturated carbocycles. The van der Waals surface area contributed by atoms with Gasteiger partial charge in [0.2, 0.25) is 0 Å².